The van der Waals surface area contributed by atoms with E-state index in [9.17, 15) is 18.3 Å². The molecule has 0 bridgehead atoms. The van der Waals surface area contributed by atoms with E-state index in [-0.39, 0.29) is 11.3 Å². The minimum Gasteiger partial charge on any atom is -0.496 e. The summed E-state index contributed by atoms with van der Waals surface area (Å²) < 4.78 is 48.7. The van der Waals surface area contributed by atoms with Crippen LogP contribution in [0.5, 0.6) is 5.75 Å². The number of halogens is 3. The van der Waals surface area contributed by atoms with Crippen LogP contribution < -0.4 is 4.74 Å². The van der Waals surface area contributed by atoms with Crippen LogP contribution in [0.15, 0.2) is 29.5 Å². The molecule has 0 fully saturated rings. The third kappa shape index (κ3) is 3.99. The summed E-state index contributed by atoms with van der Waals surface area (Å²) in [6, 6.07) is 2.65. The molecule has 0 aliphatic carbocycles. The Balaban J connectivity index is 2.67. The molecule has 1 unspecified atom stereocenters. The van der Waals surface area contributed by atoms with E-state index >= 15 is 0 Å². The highest BCUT2D eigenvalue weighted by Crippen LogP contribution is 2.48. The van der Waals surface area contributed by atoms with Crippen LogP contribution in [0, 0.1) is 6.92 Å². The van der Waals surface area contributed by atoms with Crippen molar-refractivity contribution < 1.29 is 23.0 Å². The number of ether oxygens (including phenoxy) is 1. The monoisotopic (exact) mass is 398 g/mol. The Labute approximate surface area is 162 Å². The fraction of sp³-hybridized carbons (Fsp3) is 0.474. The SMILES string of the molecule is CCN(C)/C=N/c1cc(OC)c(C(O)(c2cnn(CC)c2)C(F)(F)F)cc1C. The maximum absolute atomic E-state index is 14.1. The van der Waals surface area contributed by atoms with Crippen molar-refractivity contribution in [1.82, 2.24) is 14.7 Å². The number of hydrogen-bond donors (Lipinski definition) is 1. The van der Waals surface area contributed by atoms with E-state index in [0.717, 1.165) is 12.7 Å². The Hall–Kier alpha value is -2.55. The van der Waals surface area contributed by atoms with Crippen LogP contribution in [0.1, 0.15) is 30.5 Å². The van der Waals surface area contributed by atoms with Crippen LogP contribution in [0.2, 0.25) is 0 Å². The largest absolute Gasteiger partial charge is 0.496 e. The second kappa shape index (κ2) is 8.22. The average Bonchev–Trinajstić information content (AvgIpc) is 3.14. The maximum atomic E-state index is 14.1. The summed E-state index contributed by atoms with van der Waals surface area (Å²) in [5.41, 5.74) is -3.12. The van der Waals surface area contributed by atoms with E-state index < -0.39 is 17.3 Å². The van der Waals surface area contributed by atoms with Gasteiger partial charge in [0, 0.05) is 43.5 Å². The predicted molar refractivity (Wildman–Crippen MR) is 101 cm³/mol. The van der Waals surface area contributed by atoms with Crippen LogP contribution in [0.25, 0.3) is 0 Å². The Morgan fingerprint density at radius 2 is 2.00 bits per heavy atom. The molecule has 2 rings (SSSR count). The average molecular weight is 398 g/mol. The fourth-order valence-electron chi connectivity index (χ4n) is 2.71. The van der Waals surface area contributed by atoms with E-state index in [4.69, 9.17) is 4.74 Å². The number of aliphatic imine (C=N–C) groups is 1. The van der Waals surface area contributed by atoms with Gasteiger partial charge in [0.15, 0.2) is 0 Å². The quantitative estimate of drug-likeness (QED) is 0.572. The lowest BCUT2D eigenvalue weighted by atomic mass is 9.85. The van der Waals surface area contributed by atoms with Crippen molar-refractivity contribution in [2.75, 3.05) is 20.7 Å². The molecule has 1 aromatic carbocycles. The Bertz CT molecular complexity index is 848. The Morgan fingerprint density at radius 3 is 2.50 bits per heavy atom. The van der Waals surface area contributed by atoms with Gasteiger partial charge in [0.05, 0.1) is 25.3 Å². The summed E-state index contributed by atoms with van der Waals surface area (Å²) in [6.45, 7) is 6.43. The minimum absolute atomic E-state index is 0.110. The van der Waals surface area contributed by atoms with Gasteiger partial charge in [-0.05, 0) is 32.4 Å². The molecule has 0 amide bonds. The van der Waals surface area contributed by atoms with Crippen LogP contribution in [0.4, 0.5) is 18.9 Å². The van der Waals surface area contributed by atoms with Crippen molar-refractivity contribution in [3.8, 4) is 5.75 Å². The molecule has 0 saturated heterocycles. The van der Waals surface area contributed by atoms with Crippen molar-refractivity contribution in [3.63, 3.8) is 0 Å². The van der Waals surface area contributed by atoms with E-state index in [1.54, 1.807) is 20.2 Å². The van der Waals surface area contributed by atoms with Gasteiger partial charge in [0.25, 0.3) is 0 Å². The Morgan fingerprint density at radius 1 is 1.32 bits per heavy atom. The number of benzene rings is 1. The molecule has 2 aromatic rings. The standard InChI is InChI=1S/C19H25F3N4O2/c1-6-25(4)12-23-16-9-17(28-5)15(8-13(16)3)18(27,19(20,21)22)14-10-24-26(7-2)11-14/h8-12,27H,6-7H2,1-5H3/b23-12+. The van der Waals surface area contributed by atoms with Crippen molar-refractivity contribution in [2.24, 2.45) is 4.99 Å². The number of rotatable bonds is 7. The normalized spacial score (nSPS) is 14.3. The molecule has 1 heterocycles. The van der Waals surface area contributed by atoms with Gasteiger partial charge >= 0.3 is 6.18 Å². The van der Waals surface area contributed by atoms with Gasteiger partial charge in [0.2, 0.25) is 5.60 Å². The lowest BCUT2D eigenvalue weighted by molar-refractivity contribution is -0.248. The van der Waals surface area contributed by atoms with Crippen molar-refractivity contribution >= 4 is 12.0 Å². The molecule has 0 aliphatic heterocycles. The van der Waals surface area contributed by atoms with Crippen molar-refractivity contribution in [3.05, 3.63) is 41.2 Å². The zero-order valence-electron chi connectivity index (χ0n) is 16.6. The molecule has 154 valence electrons. The van der Waals surface area contributed by atoms with E-state index in [1.807, 2.05) is 18.9 Å². The summed E-state index contributed by atoms with van der Waals surface area (Å²) in [5.74, 6) is -0.110. The Kier molecular flexibility index (Phi) is 6.38. The first-order valence-corrected chi connectivity index (χ1v) is 8.84. The predicted octanol–water partition coefficient (Wildman–Crippen LogP) is 3.63. The summed E-state index contributed by atoms with van der Waals surface area (Å²) >= 11 is 0. The molecular weight excluding hydrogens is 373 g/mol. The summed E-state index contributed by atoms with van der Waals surface area (Å²) in [4.78, 5) is 6.13. The van der Waals surface area contributed by atoms with Crippen LogP contribution in [-0.2, 0) is 12.1 Å². The van der Waals surface area contributed by atoms with Gasteiger partial charge < -0.3 is 14.7 Å². The smallest absolute Gasteiger partial charge is 0.426 e. The van der Waals surface area contributed by atoms with Crippen LogP contribution in [-0.4, -0.2) is 53.0 Å². The molecule has 0 radical (unpaired) electrons. The second-order valence-electron chi connectivity index (χ2n) is 6.45. The number of aryl methyl sites for hydroxylation is 2. The number of nitrogens with zero attached hydrogens (tertiary/aromatic N) is 4. The molecule has 28 heavy (non-hydrogen) atoms. The maximum Gasteiger partial charge on any atom is 0.426 e. The van der Waals surface area contributed by atoms with Gasteiger partial charge in [-0.3, -0.25) is 4.68 Å². The van der Waals surface area contributed by atoms with Crippen molar-refractivity contribution in [2.45, 2.75) is 39.1 Å². The van der Waals surface area contributed by atoms with E-state index in [2.05, 4.69) is 10.1 Å². The molecule has 9 heteroatoms. The lowest BCUT2D eigenvalue weighted by Crippen LogP contribution is -2.43. The van der Waals surface area contributed by atoms with Gasteiger partial charge in [0.1, 0.15) is 5.75 Å². The molecule has 0 spiro atoms. The fourth-order valence-corrected chi connectivity index (χ4v) is 2.71. The second-order valence-corrected chi connectivity index (χ2v) is 6.45. The molecule has 1 aromatic heterocycles. The highest BCUT2D eigenvalue weighted by Gasteiger charge is 2.58. The highest BCUT2D eigenvalue weighted by molar-refractivity contribution is 5.66. The van der Waals surface area contributed by atoms with Gasteiger partial charge in [-0.2, -0.15) is 18.3 Å². The minimum atomic E-state index is -4.98. The third-order valence-electron chi connectivity index (χ3n) is 4.59. The summed E-state index contributed by atoms with van der Waals surface area (Å²) in [6.07, 6.45) is -1.19. The topological polar surface area (TPSA) is 62.9 Å². The molecule has 1 atom stereocenters. The molecule has 0 aliphatic rings. The number of hydrogen-bond acceptors (Lipinski definition) is 4. The molecule has 0 saturated carbocycles. The van der Waals surface area contributed by atoms with Crippen LogP contribution >= 0.6 is 0 Å². The molecule has 6 nitrogen and oxygen atoms in total. The van der Waals surface area contributed by atoms with Crippen molar-refractivity contribution in [1.29, 1.82) is 0 Å². The van der Waals surface area contributed by atoms with Gasteiger partial charge in [-0.15, -0.1) is 0 Å². The summed E-state index contributed by atoms with van der Waals surface area (Å²) in [5, 5.41) is 14.8. The van der Waals surface area contributed by atoms with Gasteiger partial charge in [-0.1, -0.05) is 0 Å². The zero-order valence-corrected chi connectivity index (χ0v) is 16.6. The lowest BCUT2D eigenvalue weighted by Gasteiger charge is -2.31. The number of alkyl halides is 3. The number of aromatic nitrogens is 2. The third-order valence-corrected chi connectivity index (χ3v) is 4.59. The van der Waals surface area contributed by atoms with E-state index in [0.29, 0.717) is 17.8 Å². The van der Waals surface area contributed by atoms with E-state index in [1.165, 1.54) is 30.1 Å². The molecule has 1 N–H and O–H groups in total. The number of methoxy groups -OCH3 is 1. The van der Waals surface area contributed by atoms with Crippen LogP contribution in [0.3, 0.4) is 0 Å². The first-order valence-electron chi connectivity index (χ1n) is 8.84. The highest BCUT2D eigenvalue weighted by atomic mass is 19.4. The summed E-state index contributed by atoms with van der Waals surface area (Å²) in [7, 11) is 3.09. The first kappa shape index (κ1) is 21.7. The zero-order chi connectivity index (χ0) is 21.1. The van der Waals surface area contributed by atoms with Gasteiger partial charge in [-0.25, -0.2) is 4.99 Å². The molecular formula is C19H25F3N4O2. The number of aliphatic hydroxyl groups is 1. The first-order chi connectivity index (χ1) is 13.1.